The molecule has 42 heavy (non-hydrogen) atoms. The van der Waals surface area contributed by atoms with E-state index in [1.807, 2.05) is 0 Å². The summed E-state index contributed by atoms with van der Waals surface area (Å²) in [4.78, 5) is 12.3. The third-order valence-electron chi connectivity index (χ3n) is 7.92. The zero-order chi connectivity index (χ0) is 30.9. The topological polar surface area (TPSA) is 89.8 Å². The summed E-state index contributed by atoms with van der Waals surface area (Å²) in [6, 6.07) is -0.833. The summed E-state index contributed by atoms with van der Waals surface area (Å²) < 4.78 is 0. The monoisotopic (exact) mass is 592 g/mol. The Bertz CT molecular complexity index is 660. The Morgan fingerprint density at radius 3 is 1.55 bits per heavy atom. The molecule has 0 heterocycles. The molecule has 5 heteroatoms. The molecule has 1 amide bonds. The number of aliphatic hydroxyl groups excluding tert-OH is 3. The van der Waals surface area contributed by atoms with Gasteiger partial charge in [0, 0.05) is 6.42 Å². The zero-order valence-corrected chi connectivity index (χ0v) is 27.6. The number of nitrogens with one attached hydrogen (secondary N) is 1. The molecule has 0 saturated heterocycles. The average molecular weight is 592 g/mol. The van der Waals surface area contributed by atoms with Gasteiger partial charge in [0.15, 0.2) is 0 Å². The third-order valence-corrected chi connectivity index (χ3v) is 7.92. The molecule has 0 saturated carbocycles. The van der Waals surface area contributed by atoms with Crippen LogP contribution in [-0.2, 0) is 4.79 Å². The van der Waals surface area contributed by atoms with Crippen molar-refractivity contribution < 1.29 is 20.1 Å². The van der Waals surface area contributed by atoms with Crippen LogP contribution >= 0.6 is 0 Å². The van der Waals surface area contributed by atoms with Gasteiger partial charge in [-0.25, -0.2) is 0 Å². The minimum Gasteiger partial charge on any atom is -0.394 e. The smallest absolute Gasteiger partial charge is 0.220 e. The summed E-state index contributed by atoms with van der Waals surface area (Å²) in [6.07, 6.45) is 38.1. The van der Waals surface area contributed by atoms with Crippen molar-refractivity contribution in [3.63, 3.8) is 0 Å². The van der Waals surface area contributed by atoms with Crippen molar-refractivity contribution in [2.45, 2.75) is 186 Å². The number of carbonyl (C=O) groups is 1. The lowest BCUT2D eigenvalue weighted by Gasteiger charge is -2.26. The first-order chi connectivity index (χ1) is 20.6. The molecular formula is C37H69NO4. The highest BCUT2D eigenvalue weighted by molar-refractivity contribution is 5.76. The first-order valence-corrected chi connectivity index (χ1v) is 17.8. The standard InChI is InChI=1S/C37H69NO4/c1-3-5-7-9-11-13-15-16-17-18-19-20-21-22-24-26-28-30-32-36(41)38-34(33-39)37(42)35(40)31-29-27-25-23-14-12-10-8-6-4-2/h8,10,19-20,23,25,34-35,37,39-40,42H,3-7,9,11-18,21-22,24,26-33H2,1-2H3,(H,38,41)/b10-8+,20-19-,25-23+. The van der Waals surface area contributed by atoms with Gasteiger partial charge in [0.25, 0.3) is 0 Å². The number of unbranched alkanes of at least 4 members (excludes halogenated alkanes) is 17. The van der Waals surface area contributed by atoms with E-state index in [0.29, 0.717) is 12.8 Å². The van der Waals surface area contributed by atoms with Crippen molar-refractivity contribution in [2.24, 2.45) is 0 Å². The van der Waals surface area contributed by atoms with Crippen molar-refractivity contribution in [1.29, 1.82) is 0 Å². The normalized spacial score (nSPS) is 14.3. The van der Waals surface area contributed by atoms with E-state index >= 15 is 0 Å². The Hall–Kier alpha value is -1.43. The van der Waals surface area contributed by atoms with Crippen LogP contribution in [0.15, 0.2) is 36.5 Å². The highest BCUT2D eigenvalue weighted by Crippen LogP contribution is 2.13. The molecule has 4 N–H and O–H groups in total. The molecular weight excluding hydrogens is 522 g/mol. The van der Waals surface area contributed by atoms with Gasteiger partial charge in [-0.15, -0.1) is 0 Å². The highest BCUT2D eigenvalue weighted by Gasteiger charge is 2.26. The first kappa shape index (κ1) is 40.6. The van der Waals surface area contributed by atoms with Crippen LogP contribution in [0.5, 0.6) is 0 Å². The van der Waals surface area contributed by atoms with Crippen molar-refractivity contribution >= 4 is 5.91 Å². The fourth-order valence-electron chi connectivity index (χ4n) is 5.12. The molecule has 5 nitrogen and oxygen atoms in total. The molecule has 0 bridgehead atoms. The van der Waals surface area contributed by atoms with Gasteiger partial charge in [0.05, 0.1) is 18.8 Å². The number of allylic oxidation sites excluding steroid dienone is 6. The van der Waals surface area contributed by atoms with Crippen LogP contribution in [0.3, 0.4) is 0 Å². The van der Waals surface area contributed by atoms with Gasteiger partial charge in [0.2, 0.25) is 5.91 Å². The second kappa shape index (κ2) is 32.5. The Morgan fingerprint density at radius 2 is 1.02 bits per heavy atom. The number of hydrogen-bond donors (Lipinski definition) is 4. The summed E-state index contributed by atoms with van der Waals surface area (Å²) in [5.74, 6) is -0.171. The number of carbonyl (C=O) groups excluding carboxylic acids is 1. The molecule has 0 aliphatic rings. The second-order valence-electron chi connectivity index (χ2n) is 12.0. The van der Waals surface area contributed by atoms with Gasteiger partial charge in [-0.05, 0) is 70.6 Å². The fraction of sp³-hybridized carbons (Fsp3) is 0.811. The lowest BCUT2D eigenvalue weighted by Crippen LogP contribution is -2.50. The lowest BCUT2D eigenvalue weighted by atomic mass is 10.0. The molecule has 246 valence electrons. The maximum atomic E-state index is 12.3. The van der Waals surface area contributed by atoms with Crippen LogP contribution in [0.4, 0.5) is 0 Å². The summed E-state index contributed by atoms with van der Waals surface area (Å²) in [6.45, 7) is 4.06. The Labute approximate surface area is 260 Å². The fourth-order valence-corrected chi connectivity index (χ4v) is 5.12. The number of hydrogen-bond acceptors (Lipinski definition) is 4. The van der Waals surface area contributed by atoms with E-state index in [2.05, 4.69) is 55.6 Å². The maximum Gasteiger partial charge on any atom is 0.220 e. The van der Waals surface area contributed by atoms with Crippen molar-refractivity contribution in [2.75, 3.05) is 6.61 Å². The third kappa shape index (κ3) is 27.4. The van der Waals surface area contributed by atoms with Crippen LogP contribution in [-0.4, -0.2) is 46.1 Å². The van der Waals surface area contributed by atoms with Crippen LogP contribution in [0.1, 0.15) is 168 Å². The van der Waals surface area contributed by atoms with E-state index < -0.39 is 18.2 Å². The van der Waals surface area contributed by atoms with Gasteiger partial charge >= 0.3 is 0 Å². The van der Waals surface area contributed by atoms with E-state index in [9.17, 15) is 20.1 Å². The molecule has 0 aliphatic heterocycles. The summed E-state index contributed by atoms with van der Waals surface area (Å²) in [7, 11) is 0. The number of rotatable bonds is 31. The van der Waals surface area contributed by atoms with E-state index in [4.69, 9.17) is 0 Å². The van der Waals surface area contributed by atoms with Gasteiger partial charge in [-0.1, -0.05) is 127 Å². The van der Waals surface area contributed by atoms with Crippen molar-refractivity contribution in [3.05, 3.63) is 36.5 Å². The molecule has 0 spiro atoms. The molecule has 0 fully saturated rings. The quantitative estimate of drug-likeness (QED) is 0.0478. The van der Waals surface area contributed by atoms with Gasteiger partial charge in [0.1, 0.15) is 6.10 Å². The minimum absolute atomic E-state index is 0.171. The lowest BCUT2D eigenvalue weighted by molar-refractivity contribution is -0.124. The largest absolute Gasteiger partial charge is 0.394 e. The van der Waals surface area contributed by atoms with Gasteiger partial charge in [-0.2, -0.15) is 0 Å². The Balaban J connectivity index is 3.74. The minimum atomic E-state index is -1.17. The highest BCUT2D eigenvalue weighted by atomic mass is 16.3. The molecule has 0 aromatic rings. The predicted octanol–water partition coefficient (Wildman–Crippen LogP) is 9.26. The van der Waals surface area contributed by atoms with E-state index in [1.165, 1.54) is 83.5 Å². The van der Waals surface area contributed by atoms with Gasteiger partial charge in [-0.3, -0.25) is 4.79 Å². The average Bonchev–Trinajstić information content (AvgIpc) is 2.99. The molecule has 0 aromatic heterocycles. The first-order valence-electron chi connectivity index (χ1n) is 17.8. The molecule has 3 unspecified atom stereocenters. The maximum absolute atomic E-state index is 12.3. The predicted molar refractivity (Wildman–Crippen MR) is 181 cm³/mol. The summed E-state index contributed by atoms with van der Waals surface area (Å²) >= 11 is 0. The molecule has 0 aliphatic carbocycles. The number of aliphatic hydroxyl groups is 3. The van der Waals surface area contributed by atoms with Crippen LogP contribution in [0.2, 0.25) is 0 Å². The Morgan fingerprint density at radius 1 is 0.571 bits per heavy atom. The summed E-state index contributed by atoms with van der Waals surface area (Å²) in [5, 5.41) is 33.2. The number of amides is 1. The summed E-state index contributed by atoms with van der Waals surface area (Å²) in [5.41, 5.74) is 0. The van der Waals surface area contributed by atoms with E-state index in [0.717, 1.165) is 57.8 Å². The second-order valence-corrected chi connectivity index (χ2v) is 12.0. The van der Waals surface area contributed by atoms with Crippen molar-refractivity contribution in [3.8, 4) is 0 Å². The molecule has 0 rings (SSSR count). The molecule has 3 atom stereocenters. The van der Waals surface area contributed by atoms with E-state index in [1.54, 1.807) is 0 Å². The van der Waals surface area contributed by atoms with Crippen LogP contribution in [0.25, 0.3) is 0 Å². The van der Waals surface area contributed by atoms with Crippen molar-refractivity contribution in [1.82, 2.24) is 5.32 Å². The molecule has 0 radical (unpaired) electrons. The Kier molecular flexibility index (Phi) is 31.4. The SMILES string of the molecule is CCC/C=C/CC/C=C/CCCC(O)C(O)C(CO)NC(=O)CCCCCCC/C=C\CCCCCCCCCCC. The van der Waals surface area contributed by atoms with Crippen LogP contribution < -0.4 is 5.32 Å². The van der Waals surface area contributed by atoms with E-state index in [-0.39, 0.29) is 12.5 Å². The van der Waals surface area contributed by atoms with Crippen LogP contribution in [0, 0.1) is 0 Å². The molecule has 0 aromatic carbocycles. The van der Waals surface area contributed by atoms with Gasteiger partial charge < -0.3 is 20.6 Å². The zero-order valence-electron chi connectivity index (χ0n) is 27.6.